The van der Waals surface area contributed by atoms with Crippen molar-refractivity contribution in [2.24, 2.45) is 5.92 Å². The molecule has 1 aromatic heterocycles. The molecule has 4 nitrogen and oxygen atoms in total. The van der Waals surface area contributed by atoms with Crippen molar-refractivity contribution in [3.63, 3.8) is 0 Å². The number of nitrogens with one attached hydrogen (secondary N) is 1. The van der Waals surface area contributed by atoms with Crippen LogP contribution in [0.4, 0.5) is 0 Å². The predicted octanol–water partition coefficient (Wildman–Crippen LogP) is 2.09. The van der Waals surface area contributed by atoms with E-state index in [0.717, 1.165) is 36.7 Å². The van der Waals surface area contributed by atoms with Crippen LogP contribution in [-0.2, 0) is 13.0 Å². The average Bonchev–Trinajstić information content (AvgIpc) is 2.80. The van der Waals surface area contributed by atoms with Gasteiger partial charge in [-0.1, -0.05) is 26.0 Å². The van der Waals surface area contributed by atoms with Crippen LogP contribution in [0.15, 0.2) is 12.2 Å². The second-order valence-corrected chi connectivity index (χ2v) is 5.29. The Balaban J connectivity index is 2.17. The van der Waals surface area contributed by atoms with Gasteiger partial charge in [-0.3, -0.25) is 0 Å². The average molecular weight is 234 g/mol. The Bertz CT molecular complexity index is 406. The van der Waals surface area contributed by atoms with E-state index in [2.05, 4.69) is 40.5 Å². The summed E-state index contributed by atoms with van der Waals surface area (Å²) in [5.74, 6) is 2.74. The minimum absolute atomic E-state index is 0.269. The number of fused-ring (bicyclic) bond motifs is 1. The van der Waals surface area contributed by atoms with Crippen molar-refractivity contribution in [3.8, 4) is 0 Å². The van der Waals surface area contributed by atoms with E-state index in [9.17, 15) is 0 Å². The Kier molecular flexibility index (Phi) is 3.62. The normalized spacial score (nSPS) is 16.2. The largest absolute Gasteiger partial charge is 0.314 e. The molecule has 1 aliphatic heterocycles. The van der Waals surface area contributed by atoms with Gasteiger partial charge in [0.15, 0.2) is 0 Å². The topological polar surface area (TPSA) is 42.7 Å². The van der Waals surface area contributed by atoms with Gasteiger partial charge in [0.25, 0.3) is 0 Å². The Labute approximate surface area is 103 Å². The number of aromatic nitrogens is 3. The molecular weight excluding hydrogens is 212 g/mol. The lowest BCUT2D eigenvalue weighted by Crippen LogP contribution is -2.29. The van der Waals surface area contributed by atoms with Crippen LogP contribution >= 0.6 is 0 Å². The fourth-order valence-electron chi connectivity index (χ4n) is 2.31. The lowest BCUT2D eigenvalue weighted by molar-refractivity contribution is 0.392. The molecule has 0 amide bonds. The van der Waals surface area contributed by atoms with Gasteiger partial charge in [-0.25, -0.2) is 0 Å². The highest BCUT2D eigenvalue weighted by molar-refractivity contribution is 5.07. The highest BCUT2D eigenvalue weighted by Crippen LogP contribution is 2.24. The molecular formula is C13H22N4. The van der Waals surface area contributed by atoms with Crippen molar-refractivity contribution in [1.29, 1.82) is 0 Å². The molecule has 2 heterocycles. The molecule has 1 aromatic rings. The van der Waals surface area contributed by atoms with Crippen LogP contribution in [-0.4, -0.2) is 21.3 Å². The summed E-state index contributed by atoms with van der Waals surface area (Å²) in [6, 6.07) is 0.269. The van der Waals surface area contributed by atoms with Gasteiger partial charge in [-0.05, 0) is 19.3 Å². The quantitative estimate of drug-likeness (QED) is 0.793. The molecule has 17 heavy (non-hydrogen) atoms. The maximum Gasteiger partial charge on any atom is 0.150 e. The third-order valence-electron chi connectivity index (χ3n) is 3.21. The number of hydrogen-bond acceptors (Lipinski definition) is 3. The van der Waals surface area contributed by atoms with E-state index in [1.807, 2.05) is 6.92 Å². The van der Waals surface area contributed by atoms with Crippen LogP contribution in [0.2, 0.25) is 0 Å². The lowest BCUT2D eigenvalue weighted by Gasteiger charge is -2.22. The van der Waals surface area contributed by atoms with Crippen LogP contribution in [0.3, 0.4) is 0 Å². The number of rotatable bonds is 5. The van der Waals surface area contributed by atoms with Gasteiger partial charge >= 0.3 is 0 Å². The molecule has 0 aromatic carbocycles. The van der Waals surface area contributed by atoms with Crippen molar-refractivity contribution in [2.75, 3.05) is 6.54 Å². The van der Waals surface area contributed by atoms with Gasteiger partial charge in [-0.2, -0.15) is 0 Å². The van der Waals surface area contributed by atoms with E-state index in [4.69, 9.17) is 0 Å². The van der Waals surface area contributed by atoms with Crippen molar-refractivity contribution >= 4 is 0 Å². The molecule has 1 atom stereocenters. The molecule has 0 bridgehead atoms. The van der Waals surface area contributed by atoms with Crippen LogP contribution in [0, 0.1) is 5.92 Å². The first-order chi connectivity index (χ1) is 8.09. The maximum absolute atomic E-state index is 4.36. The first-order valence-electron chi connectivity index (χ1n) is 6.39. The molecule has 0 radical (unpaired) electrons. The molecule has 1 unspecified atom stereocenters. The summed E-state index contributed by atoms with van der Waals surface area (Å²) in [4.78, 5) is 0. The third kappa shape index (κ3) is 2.57. The van der Waals surface area contributed by atoms with E-state index in [-0.39, 0.29) is 6.04 Å². The van der Waals surface area contributed by atoms with Crippen molar-refractivity contribution < 1.29 is 0 Å². The maximum atomic E-state index is 4.36. The zero-order valence-corrected chi connectivity index (χ0v) is 11.0. The Hall–Kier alpha value is -1.16. The van der Waals surface area contributed by atoms with Gasteiger partial charge in [-0.15, -0.1) is 10.2 Å². The molecule has 0 aliphatic carbocycles. The lowest BCUT2D eigenvalue weighted by atomic mass is 10.0. The summed E-state index contributed by atoms with van der Waals surface area (Å²) in [6.07, 6.45) is 2.27. The minimum Gasteiger partial charge on any atom is -0.314 e. The SMILES string of the molecule is C=C(C)CNC(c1nnc2n1CCC2)C(C)C. The van der Waals surface area contributed by atoms with Gasteiger partial charge in [0.1, 0.15) is 11.6 Å². The van der Waals surface area contributed by atoms with Crippen LogP contribution in [0.1, 0.15) is 44.9 Å². The summed E-state index contributed by atoms with van der Waals surface area (Å²) in [7, 11) is 0. The third-order valence-corrected chi connectivity index (χ3v) is 3.21. The van der Waals surface area contributed by atoms with Crippen molar-refractivity contribution in [3.05, 3.63) is 23.8 Å². The first-order valence-corrected chi connectivity index (χ1v) is 6.39. The minimum atomic E-state index is 0.269. The summed E-state index contributed by atoms with van der Waals surface area (Å²) < 4.78 is 2.27. The number of nitrogens with zero attached hydrogens (tertiary/aromatic N) is 3. The Morgan fingerprint density at radius 3 is 2.88 bits per heavy atom. The fraction of sp³-hybridized carbons (Fsp3) is 0.692. The smallest absolute Gasteiger partial charge is 0.150 e. The second kappa shape index (κ2) is 5.00. The molecule has 1 N–H and O–H groups in total. The zero-order valence-electron chi connectivity index (χ0n) is 11.0. The van der Waals surface area contributed by atoms with E-state index in [0.29, 0.717) is 5.92 Å². The number of hydrogen-bond donors (Lipinski definition) is 1. The van der Waals surface area contributed by atoms with Gasteiger partial charge in [0.05, 0.1) is 6.04 Å². The van der Waals surface area contributed by atoms with Crippen LogP contribution < -0.4 is 5.32 Å². The fourth-order valence-corrected chi connectivity index (χ4v) is 2.31. The van der Waals surface area contributed by atoms with Crippen molar-refractivity contribution in [1.82, 2.24) is 20.1 Å². The summed E-state index contributed by atoms with van der Waals surface area (Å²) >= 11 is 0. The highest BCUT2D eigenvalue weighted by Gasteiger charge is 2.25. The Morgan fingerprint density at radius 1 is 1.47 bits per heavy atom. The van der Waals surface area contributed by atoms with Gasteiger partial charge in [0, 0.05) is 19.5 Å². The van der Waals surface area contributed by atoms with E-state index in [1.54, 1.807) is 0 Å². The molecule has 0 fully saturated rings. The van der Waals surface area contributed by atoms with Gasteiger partial charge < -0.3 is 9.88 Å². The van der Waals surface area contributed by atoms with Crippen LogP contribution in [0.5, 0.6) is 0 Å². The molecule has 2 rings (SSSR count). The molecule has 1 aliphatic rings. The van der Waals surface area contributed by atoms with Gasteiger partial charge in [0.2, 0.25) is 0 Å². The van der Waals surface area contributed by atoms with Crippen molar-refractivity contribution in [2.45, 2.75) is 46.2 Å². The van der Waals surface area contributed by atoms with Crippen LogP contribution in [0.25, 0.3) is 0 Å². The predicted molar refractivity (Wildman–Crippen MR) is 68.7 cm³/mol. The van der Waals surface area contributed by atoms with E-state index in [1.165, 1.54) is 6.42 Å². The summed E-state index contributed by atoms with van der Waals surface area (Å²) in [5, 5.41) is 12.2. The van der Waals surface area contributed by atoms with E-state index < -0.39 is 0 Å². The zero-order chi connectivity index (χ0) is 12.4. The monoisotopic (exact) mass is 234 g/mol. The molecule has 4 heteroatoms. The molecule has 94 valence electrons. The summed E-state index contributed by atoms with van der Waals surface area (Å²) in [5.41, 5.74) is 1.15. The highest BCUT2D eigenvalue weighted by atomic mass is 15.3. The molecule has 0 saturated heterocycles. The number of aryl methyl sites for hydroxylation is 1. The second-order valence-electron chi connectivity index (χ2n) is 5.29. The van der Waals surface area contributed by atoms with E-state index >= 15 is 0 Å². The first kappa shape index (κ1) is 12.3. The Morgan fingerprint density at radius 2 is 2.24 bits per heavy atom. The molecule has 0 spiro atoms. The molecule has 0 saturated carbocycles. The summed E-state index contributed by atoms with van der Waals surface area (Å²) in [6.45, 7) is 12.3. The standard InChI is InChI=1S/C13H22N4/c1-9(2)8-14-12(10(3)4)13-16-15-11-6-5-7-17(11)13/h10,12,14H,1,5-8H2,2-4H3.